The van der Waals surface area contributed by atoms with Crippen LogP contribution >= 0.6 is 0 Å². The predicted octanol–water partition coefficient (Wildman–Crippen LogP) is 1.14. The average Bonchev–Trinajstić information content (AvgIpc) is 2.10. The van der Waals surface area contributed by atoms with E-state index >= 15 is 0 Å². The van der Waals surface area contributed by atoms with E-state index in [4.69, 9.17) is 4.74 Å². The maximum Gasteiger partial charge on any atom is 0.287 e. The lowest BCUT2D eigenvalue weighted by atomic mass is 10.4. The highest BCUT2D eigenvalue weighted by Gasteiger charge is 2.07. The van der Waals surface area contributed by atoms with Gasteiger partial charge >= 0.3 is 0 Å². The normalized spacial score (nSPS) is 10.9. The van der Waals surface area contributed by atoms with Crippen LogP contribution in [0.2, 0.25) is 0 Å². The summed E-state index contributed by atoms with van der Waals surface area (Å²) < 4.78 is 18.1. The van der Waals surface area contributed by atoms with Crippen molar-refractivity contribution < 1.29 is 9.13 Å². The van der Waals surface area contributed by atoms with E-state index in [9.17, 15) is 9.18 Å². The summed E-state index contributed by atoms with van der Waals surface area (Å²) in [5.41, 5.74) is -0.657. The largest absolute Gasteiger partial charge is 0.371 e. The van der Waals surface area contributed by atoms with Crippen LogP contribution in [0.25, 0.3) is 0 Å². The predicted molar refractivity (Wildman–Crippen MR) is 49.5 cm³/mol. The van der Waals surface area contributed by atoms with Crippen molar-refractivity contribution in [2.45, 2.75) is 33.5 Å². The first-order chi connectivity index (χ1) is 6.50. The van der Waals surface area contributed by atoms with Gasteiger partial charge in [-0.05, 0) is 20.8 Å². The lowest BCUT2D eigenvalue weighted by Crippen LogP contribution is -2.18. The van der Waals surface area contributed by atoms with Crippen molar-refractivity contribution in [3.05, 3.63) is 27.7 Å². The lowest BCUT2D eigenvalue weighted by molar-refractivity contribution is 0.0609. The zero-order valence-corrected chi connectivity index (χ0v) is 8.43. The lowest BCUT2D eigenvalue weighted by Gasteiger charge is -2.06. The molecule has 0 bridgehead atoms. The third kappa shape index (κ3) is 2.63. The summed E-state index contributed by atoms with van der Waals surface area (Å²) in [4.78, 5) is 17.1. The monoisotopic (exact) mass is 200 g/mol. The zero-order valence-electron chi connectivity index (χ0n) is 8.43. The van der Waals surface area contributed by atoms with Gasteiger partial charge in [0.15, 0.2) is 0 Å². The van der Waals surface area contributed by atoms with Crippen molar-refractivity contribution in [1.82, 2.24) is 9.97 Å². The molecule has 0 saturated heterocycles. The van der Waals surface area contributed by atoms with E-state index in [0.29, 0.717) is 5.82 Å². The second-order valence-corrected chi connectivity index (χ2v) is 3.27. The topological polar surface area (TPSA) is 55.0 Å². The molecule has 14 heavy (non-hydrogen) atoms. The smallest absolute Gasteiger partial charge is 0.287 e. The zero-order chi connectivity index (χ0) is 10.7. The van der Waals surface area contributed by atoms with Gasteiger partial charge in [0.1, 0.15) is 12.4 Å². The van der Waals surface area contributed by atoms with E-state index in [-0.39, 0.29) is 18.4 Å². The second kappa shape index (κ2) is 4.32. The van der Waals surface area contributed by atoms with Crippen molar-refractivity contribution in [2.24, 2.45) is 0 Å². The van der Waals surface area contributed by atoms with Crippen molar-refractivity contribution in [2.75, 3.05) is 0 Å². The summed E-state index contributed by atoms with van der Waals surface area (Å²) in [6, 6.07) is 0. The number of aromatic amines is 1. The number of hydrogen-bond acceptors (Lipinski definition) is 3. The van der Waals surface area contributed by atoms with E-state index in [1.54, 1.807) is 0 Å². The summed E-state index contributed by atoms with van der Waals surface area (Å²) in [5.74, 6) is -0.485. The van der Waals surface area contributed by atoms with Crippen LogP contribution in [0.3, 0.4) is 0 Å². The first-order valence-corrected chi connectivity index (χ1v) is 4.37. The Labute approximate surface area is 81.1 Å². The Bertz CT molecular complexity index is 374. The van der Waals surface area contributed by atoms with Gasteiger partial charge in [0.25, 0.3) is 5.56 Å². The van der Waals surface area contributed by atoms with Crippen LogP contribution in [0.1, 0.15) is 25.4 Å². The fraction of sp³-hybridized carbons (Fsp3) is 0.556. The molecule has 0 radical (unpaired) electrons. The second-order valence-electron chi connectivity index (χ2n) is 3.27. The molecule has 1 heterocycles. The summed E-state index contributed by atoms with van der Waals surface area (Å²) in [6.45, 7) is 5.38. The SMILES string of the molecule is Cc1nc(COC(C)C)[nH]c(=O)c1F. The molecule has 1 aromatic rings. The minimum atomic E-state index is -0.835. The molecule has 0 aliphatic rings. The van der Waals surface area contributed by atoms with Gasteiger partial charge < -0.3 is 9.72 Å². The fourth-order valence-electron chi connectivity index (χ4n) is 0.944. The van der Waals surface area contributed by atoms with Gasteiger partial charge in [0.05, 0.1) is 11.8 Å². The molecule has 0 spiro atoms. The van der Waals surface area contributed by atoms with Crippen molar-refractivity contribution in [1.29, 1.82) is 0 Å². The molecule has 0 unspecified atom stereocenters. The first-order valence-electron chi connectivity index (χ1n) is 4.37. The van der Waals surface area contributed by atoms with Crippen molar-refractivity contribution in [3.8, 4) is 0 Å². The minimum absolute atomic E-state index is 0.0469. The van der Waals surface area contributed by atoms with Gasteiger partial charge in [0.2, 0.25) is 5.82 Å². The van der Waals surface area contributed by atoms with Gasteiger partial charge in [-0.2, -0.15) is 4.39 Å². The Hall–Kier alpha value is -1.23. The Kier molecular flexibility index (Phi) is 3.35. The van der Waals surface area contributed by atoms with Crippen LogP contribution in [-0.4, -0.2) is 16.1 Å². The number of halogens is 1. The molecule has 1 aromatic heterocycles. The molecule has 0 atom stereocenters. The Morgan fingerprint density at radius 2 is 2.21 bits per heavy atom. The Morgan fingerprint density at radius 1 is 1.57 bits per heavy atom. The number of nitrogens with zero attached hydrogens (tertiary/aromatic N) is 1. The average molecular weight is 200 g/mol. The molecule has 1 rings (SSSR count). The molecule has 0 amide bonds. The van der Waals surface area contributed by atoms with Gasteiger partial charge in [-0.15, -0.1) is 0 Å². The summed E-state index contributed by atoms with van der Waals surface area (Å²) in [7, 11) is 0. The number of aryl methyl sites for hydroxylation is 1. The molecule has 0 fully saturated rings. The summed E-state index contributed by atoms with van der Waals surface area (Å²) in [5, 5.41) is 0. The highest BCUT2D eigenvalue weighted by atomic mass is 19.1. The van der Waals surface area contributed by atoms with Crippen molar-refractivity contribution >= 4 is 0 Å². The Morgan fingerprint density at radius 3 is 2.71 bits per heavy atom. The third-order valence-corrected chi connectivity index (χ3v) is 1.63. The standard InChI is InChI=1S/C9H13FN2O2/c1-5(2)14-4-7-11-6(3)8(10)9(13)12-7/h5H,4H2,1-3H3,(H,11,12,13). The van der Waals surface area contributed by atoms with E-state index in [1.807, 2.05) is 13.8 Å². The molecule has 78 valence electrons. The van der Waals surface area contributed by atoms with Crippen LogP contribution in [0.15, 0.2) is 4.79 Å². The number of hydrogen-bond donors (Lipinski definition) is 1. The molecule has 4 nitrogen and oxygen atoms in total. The molecule has 0 aliphatic heterocycles. The molecule has 0 saturated carbocycles. The molecule has 0 aromatic carbocycles. The maximum absolute atomic E-state index is 12.9. The van der Waals surface area contributed by atoms with Crippen LogP contribution in [0, 0.1) is 12.7 Å². The van der Waals surface area contributed by atoms with Crippen molar-refractivity contribution in [3.63, 3.8) is 0 Å². The van der Waals surface area contributed by atoms with Gasteiger partial charge in [-0.3, -0.25) is 4.79 Å². The van der Waals surface area contributed by atoms with Gasteiger partial charge in [-0.1, -0.05) is 0 Å². The van der Waals surface area contributed by atoms with E-state index in [0.717, 1.165) is 0 Å². The molecule has 5 heteroatoms. The number of rotatable bonds is 3. The number of H-pyrrole nitrogens is 1. The number of nitrogens with one attached hydrogen (secondary N) is 1. The maximum atomic E-state index is 12.9. The molecule has 0 aliphatic carbocycles. The fourth-order valence-corrected chi connectivity index (χ4v) is 0.944. The Balaban J connectivity index is 2.85. The van der Waals surface area contributed by atoms with Gasteiger partial charge in [-0.25, -0.2) is 4.98 Å². The highest BCUT2D eigenvalue weighted by Crippen LogP contribution is 1.99. The quantitative estimate of drug-likeness (QED) is 0.796. The van der Waals surface area contributed by atoms with E-state index in [2.05, 4.69) is 9.97 Å². The van der Waals surface area contributed by atoms with Crippen LogP contribution < -0.4 is 5.56 Å². The number of aromatic nitrogens is 2. The van der Waals surface area contributed by atoms with E-state index in [1.165, 1.54) is 6.92 Å². The summed E-state index contributed by atoms with van der Waals surface area (Å²) >= 11 is 0. The number of ether oxygens (including phenoxy) is 1. The molecular weight excluding hydrogens is 187 g/mol. The van der Waals surface area contributed by atoms with Gasteiger partial charge in [0, 0.05) is 0 Å². The van der Waals surface area contributed by atoms with Crippen LogP contribution in [0.5, 0.6) is 0 Å². The first kappa shape index (κ1) is 10.8. The summed E-state index contributed by atoms with van der Waals surface area (Å²) in [6.07, 6.45) is 0.0469. The molecular formula is C9H13FN2O2. The third-order valence-electron chi connectivity index (χ3n) is 1.63. The van der Waals surface area contributed by atoms with Crippen LogP contribution in [-0.2, 0) is 11.3 Å². The highest BCUT2D eigenvalue weighted by molar-refractivity contribution is 5.02. The minimum Gasteiger partial charge on any atom is -0.371 e. The molecule has 1 N–H and O–H groups in total. The van der Waals surface area contributed by atoms with E-state index < -0.39 is 11.4 Å². The van der Waals surface area contributed by atoms with Crippen LogP contribution in [0.4, 0.5) is 4.39 Å².